The fraction of sp³-hybridized carbons (Fsp3) is 0.533. The third kappa shape index (κ3) is 2.44. The summed E-state index contributed by atoms with van der Waals surface area (Å²) in [6.45, 7) is 5.37. The van der Waals surface area contributed by atoms with E-state index in [1.165, 1.54) is 25.7 Å². The minimum atomic E-state index is 0.610. The molecule has 1 atom stereocenters. The number of nitrogens with zero attached hydrogens (tertiary/aromatic N) is 2. The predicted molar refractivity (Wildman–Crippen MR) is 71.2 cm³/mol. The lowest BCUT2D eigenvalue weighted by Crippen LogP contribution is -2.39. The van der Waals surface area contributed by atoms with Crippen LogP contribution in [0.15, 0.2) is 18.2 Å². The van der Waals surface area contributed by atoms with Crippen molar-refractivity contribution in [2.75, 3.05) is 11.4 Å². The van der Waals surface area contributed by atoms with Crippen molar-refractivity contribution in [3.8, 4) is 6.07 Å². The van der Waals surface area contributed by atoms with Gasteiger partial charge in [0, 0.05) is 12.6 Å². The molecule has 2 heteroatoms. The van der Waals surface area contributed by atoms with Crippen LogP contribution < -0.4 is 4.90 Å². The molecule has 1 heterocycles. The van der Waals surface area contributed by atoms with Gasteiger partial charge in [-0.25, -0.2) is 0 Å². The van der Waals surface area contributed by atoms with E-state index in [-0.39, 0.29) is 0 Å². The van der Waals surface area contributed by atoms with Crippen molar-refractivity contribution in [2.45, 2.75) is 45.6 Å². The Bertz CT molecular complexity index is 431. The van der Waals surface area contributed by atoms with Crippen LogP contribution in [-0.4, -0.2) is 12.6 Å². The molecule has 0 radical (unpaired) electrons. The molecule has 1 aromatic rings. The maximum absolute atomic E-state index is 9.26. The average Bonchev–Trinajstić information content (AvgIpc) is 2.38. The molecule has 2 nitrogen and oxygen atoms in total. The highest BCUT2D eigenvalue weighted by molar-refractivity contribution is 5.61. The first kappa shape index (κ1) is 12.0. The Morgan fingerprint density at radius 2 is 2.24 bits per heavy atom. The molecule has 2 rings (SSSR count). The Morgan fingerprint density at radius 1 is 1.41 bits per heavy atom. The van der Waals surface area contributed by atoms with Gasteiger partial charge in [0.1, 0.15) is 6.07 Å². The molecule has 0 N–H and O–H groups in total. The van der Waals surface area contributed by atoms with Crippen molar-refractivity contribution in [1.29, 1.82) is 5.26 Å². The number of hydrogen-bond donors (Lipinski definition) is 0. The van der Waals surface area contributed by atoms with E-state index in [2.05, 4.69) is 30.0 Å². The van der Waals surface area contributed by atoms with Crippen molar-refractivity contribution in [3.05, 3.63) is 29.3 Å². The lowest BCUT2D eigenvalue weighted by Gasteiger charge is -2.37. The number of nitriles is 1. The maximum atomic E-state index is 9.26. The van der Waals surface area contributed by atoms with Crippen molar-refractivity contribution in [3.63, 3.8) is 0 Å². The SMILES string of the molecule is CCC1CCCCN1c1ccc(C)cc1C#N. The number of aryl methyl sites for hydroxylation is 1. The monoisotopic (exact) mass is 228 g/mol. The van der Waals surface area contributed by atoms with Crippen molar-refractivity contribution < 1.29 is 0 Å². The summed E-state index contributed by atoms with van der Waals surface area (Å²) in [5, 5.41) is 9.26. The number of rotatable bonds is 2. The standard InChI is InChI=1S/C15H20N2/c1-3-14-6-4-5-9-17(14)15-8-7-12(2)10-13(15)11-16/h7-8,10,14H,3-6,9H2,1-2H3. The van der Waals surface area contributed by atoms with Crippen LogP contribution in [0.3, 0.4) is 0 Å². The van der Waals surface area contributed by atoms with Gasteiger partial charge in [0.15, 0.2) is 0 Å². The van der Waals surface area contributed by atoms with Crippen LogP contribution in [0.5, 0.6) is 0 Å². The van der Waals surface area contributed by atoms with Crippen molar-refractivity contribution in [1.82, 2.24) is 0 Å². The summed E-state index contributed by atoms with van der Waals surface area (Å²) in [7, 11) is 0. The molecule has 1 aliphatic heterocycles. The second kappa shape index (κ2) is 5.23. The zero-order chi connectivity index (χ0) is 12.3. The molecule has 1 saturated heterocycles. The minimum absolute atomic E-state index is 0.610. The van der Waals surface area contributed by atoms with Crippen LogP contribution in [0.1, 0.15) is 43.7 Å². The minimum Gasteiger partial charge on any atom is -0.367 e. The van der Waals surface area contributed by atoms with Gasteiger partial charge in [-0.1, -0.05) is 13.0 Å². The maximum Gasteiger partial charge on any atom is 0.101 e. The van der Waals surface area contributed by atoms with E-state index in [0.29, 0.717) is 6.04 Å². The van der Waals surface area contributed by atoms with Gasteiger partial charge in [0.05, 0.1) is 11.3 Å². The number of benzene rings is 1. The zero-order valence-electron chi connectivity index (χ0n) is 10.7. The molecule has 1 unspecified atom stereocenters. The van der Waals surface area contributed by atoms with Crippen LogP contribution in [0.25, 0.3) is 0 Å². The number of anilines is 1. The highest BCUT2D eigenvalue weighted by atomic mass is 15.2. The van der Waals surface area contributed by atoms with E-state index in [1.807, 2.05) is 13.0 Å². The molecule has 0 aromatic heterocycles. The van der Waals surface area contributed by atoms with Gasteiger partial charge in [0.2, 0.25) is 0 Å². The molecule has 0 bridgehead atoms. The van der Waals surface area contributed by atoms with E-state index in [0.717, 1.165) is 23.4 Å². The van der Waals surface area contributed by atoms with E-state index in [4.69, 9.17) is 0 Å². The van der Waals surface area contributed by atoms with Gasteiger partial charge >= 0.3 is 0 Å². The van der Waals surface area contributed by atoms with E-state index in [1.54, 1.807) is 0 Å². The van der Waals surface area contributed by atoms with Crippen LogP contribution in [0.2, 0.25) is 0 Å². The summed E-state index contributed by atoms with van der Waals surface area (Å²) in [5.41, 5.74) is 3.12. The van der Waals surface area contributed by atoms with E-state index >= 15 is 0 Å². The first-order chi connectivity index (χ1) is 8.26. The Morgan fingerprint density at radius 3 is 2.94 bits per heavy atom. The highest BCUT2D eigenvalue weighted by Crippen LogP contribution is 2.29. The third-order valence-electron chi connectivity index (χ3n) is 3.68. The summed E-state index contributed by atoms with van der Waals surface area (Å²) >= 11 is 0. The normalized spacial score (nSPS) is 20.1. The molecule has 1 aromatic carbocycles. The molecule has 17 heavy (non-hydrogen) atoms. The molecule has 0 amide bonds. The van der Waals surface area contributed by atoms with Crippen molar-refractivity contribution in [2.24, 2.45) is 0 Å². The molecule has 90 valence electrons. The predicted octanol–water partition coefficient (Wildman–Crippen LogP) is 3.64. The summed E-state index contributed by atoms with van der Waals surface area (Å²) in [4.78, 5) is 2.43. The summed E-state index contributed by atoms with van der Waals surface area (Å²) in [6.07, 6.45) is 4.99. The number of piperidine rings is 1. The van der Waals surface area contributed by atoms with Gasteiger partial charge in [0.25, 0.3) is 0 Å². The van der Waals surface area contributed by atoms with Gasteiger partial charge in [-0.15, -0.1) is 0 Å². The van der Waals surface area contributed by atoms with Crippen LogP contribution in [0, 0.1) is 18.3 Å². The van der Waals surface area contributed by atoms with Gasteiger partial charge in [-0.05, 0) is 50.3 Å². The summed E-state index contributed by atoms with van der Waals surface area (Å²) < 4.78 is 0. The lowest BCUT2D eigenvalue weighted by atomic mass is 9.97. The molecule has 1 aliphatic rings. The fourth-order valence-corrected chi connectivity index (χ4v) is 2.73. The average molecular weight is 228 g/mol. The van der Waals surface area contributed by atoms with Gasteiger partial charge in [-0.2, -0.15) is 5.26 Å². The second-order valence-electron chi connectivity index (χ2n) is 4.88. The van der Waals surface area contributed by atoms with Gasteiger partial charge < -0.3 is 4.90 Å². The molecule has 1 fully saturated rings. The largest absolute Gasteiger partial charge is 0.367 e. The fourth-order valence-electron chi connectivity index (χ4n) is 2.73. The number of hydrogen-bond acceptors (Lipinski definition) is 2. The quantitative estimate of drug-likeness (QED) is 0.772. The first-order valence-electron chi connectivity index (χ1n) is 6.53. The molecular weight excluding hydrogens is 208 g/mol. The van der Waals surface area contributed by atoms with Crippen LogP contribution in [-0.2, 0) is 0 Å². The van der Waals surface area contributed by atoms with Crippen LogP contribution in [0.4, 0.5) is 5.69 Å². The Labute approximate surface area is 104 Å². The topological polar surface area (TPSA) is 27.0 Å². The lowest BCUT2D eigenvalue weighted by molar-refractivity contribution is 0.450. The Kier molecular flexibility index (Phi) is 3.68. The highest BCUT2D eigenvalue weighted by Gasteiger charge is 2.22. The molecule has 0 spiro atoms. The smallest absolute Gasteiger partial charge is 0.101 e. The second-order valence-corrected chi connectivity index (χ2v) is 4.88. The van der Waals surface area contributed by atoms with Crippen LogP contribution >= 0.6 is 0 Å². The molecule has 0 saturated carbocycles. The molecular formula is C15H20N2. The third-order valence-corrected chi connectivity index (χ3v) is 3.68. The summed E-state index contributed by atoms with van der Waals surface area (Å²) in [6, 6.07) is 9.16. The van der Waals surface area contributed by atoms with E-state index < -0.39 is 0 Å². The Hall–Kier alpha value is -1.49. The first-order valence-corrected chi connectivity index (χ1v) is 6.53. The van der Waals surface area contributed by atoms with Crippen molar-refractivity contribution >= 4 is 5.69 Å². The van der Waals surface area contributed by atoms with E-state index in [9.17, 15) is 5.26 Å². The summed E-state index contributed by atoms with van der Waals surface area (Å²) in [5.74, 6) is 0. The Balaban J connectivity index is 2.35. The molecule has 0 aliphatic carbocycles. The zero-order valence-corrected chi connectivity index (χ0v) is 10.7. The van der Waals surface area contributed by atoms with Gasteiger partial charge in [-0.3, -0.25) is 0 Å².